The first kappa shape index (κ1) is 17.3. The minimum Gasteiger partial charge on any atom is -0.466 e. The molecular formula is C16H25NO4. The maximum absolute atomic E-state index is 12.0. The van der Waals surface area contributed by atoms with Gasteiger partial charge in [-0.3, -0.25) is 4.79 Å². The molecule has 1 rings (SSSR count). The molecule has 1 aromatic heterocycles. The number of nitrogens with one attached hydrogen (secondary N) is 1. The summed E-state index contributed by atoms with van der Waals surface area (Å²) in [6.45, 7) is 9.93. The van der Waals surface area contributed by atoms with Crippen molar-refractivity contribution in [1.82, 2.24) is 4.98 Å². The number of ether oxygens (including phenoxy) is 2. The molecule has 1 atom stereocenters. The molecule has 0 aliphatic rings. The number of aromatic amines is 1. The second kappa shape index (κ2) is 7.86. The van der Waals surface area contributed by atoms with Crippen LogP contribution in [0.15, 0.2) is 0 Å². The van der Waals surface area contributed by atoms with Gasteiger partial charge in [-0.25, -0.2) is 4.79 Å². The van der Waals surface area contributed by atoms with E-state index in [-0.39, 0.29) is 11.9 Å². The topological polar surface area (TPSA) is 68.4 Å². The third-order valence-corrected chi connectivity index (χ3v) is 3.43. The lowest BCUT2D eigenvalue weighted by Gasteiger charge is -2.13. The Kier molecular flexibility index (Phi) is 6.46. The second-order valence-corrected chi connectivity index (χ2v) is 4.96. The number of carbonyl (C=O) groups is 2. The first-order valence-corrected chi connectivity index (χ1v) is 7.52. The summed E-state index contributed by atoms with van der Waals surface area (Å²) in [5.41, 5.74) is 2.99. The highest BCUT2D eigenvalue weighted by Crippen LogP contribution is 2.29. The van der Waals surface area contributed by atoms with Gasteiger partial charge in [-0.15, -0.1) is 0 Å². The molecule has 0 aromatic carbocycles. The van der Waals surface area contributed by atoms with E-state index in [0.29, 0.717) is 18.9 Å². The highest BCUT2D eigenvalue weighted by molar-refractivity contribution is 5.91. The van der Waals surface area contributed by atoms with Crippen molar-refractivity contribution in [2.75, 3.05) is 13.2 Å². The van der Waals surface area contributed by atoms with Gasteiger partial charge in [0.2, 0.25) is 0 Å². The number of aromatic nitrogens is 1. The molecule has 1 heterocycles. The monoisotopic (exact) mass is 295 g/mol. The van der Waals surface area contributed by atoms with Crippen LogP contribution in [0.4, 0.5) is 0 Å². The lowest BCUT2D eigenvalue weighted by Crippen LogP contribution is -2.15. The number of esters is 2. The van der Waals surface area contributed by atoms with Gasteiger partial charge in [0.05, 0.1) is 19.1 Å². The van der Waals surface area contributed by atoms with E-state index in [2.05, 4.69) is 11.9 Å². The van der Waals surface area contributed by atoms with Crippen LogP contribution in [0.2, 0.25) is 0 Å². The van der Waals surface area contributed by atoms with Crippen LogP contribution in [-0.2, 0) is 20.7 Å². The van der Waals surface area contributed by atoms with E-state index in [9.17, 15) is 9.59 Å². The van der Waals surface area contributed by atoms with E-state index >= 15 is 0 Å². The van der Waals surface area contributed by atoms with Gasteiger partial charge in [-0.05, 0) is 45.2 Å². The highest BCUT2D eigenvalue weighted by atomic mass is 16.5. The summed E-state index contributed by atoms with van der Waals surface area (Å²) in [4.78, 5) is 27.1. The van der Waals surface area contributed by atoms with E-state index in [1.54, 1.807) is 13.8 Å². The Hall–Kier alpha value is -1.78. The Bertz CT molecular complexity index is 505. The van der Waals surface area contributed by atoms with Crippen molar-refractivity contribution < 1.29 is 19.1 Å². The minimum absolute atomic E-state index is 0.271. The van der Waals surface area contributed by atoms with Crippen LogP contribution in [0.3, 0.4) is 0 Å². The average Bonchev–Trinajstić information content (AvgIpc) is 2.76. The first-order valence-electron chi connectivity index (χ1n) is 7.52. The Morgan fingerprint density at radius 1 is 1.14 bits per heavy atom. The average molecular weight is 295 g/mol. The summed E-state index contributed by atoms with van der Waals surface area (Å²) in [5, 5.41) is 0. The zero-order valence-corrected chi connectivity index (χ0v) is 13.5. The summed E-state index contributed by atoms with van der Waals surface area (Å²) < 4.78 is 10.2. The molecule has 0 aliphatic carbocycles. The lowest BCUT2D eigenvalue weighted by molar-refractivity contribution is -0.144. The standard InChI is InChI=1S/C16H25NO4/c1-6-9-12-13(11(5)15(18)20-7-2)10(4)14(17-12)16(19)21-8-3/h11,17H,6-9H2,1-5H3. The Morgan fingerprint density at radius 3 is 2.29 bits per heavy atom. The van der Waals surface area contributed by atoms with Crippen LogP contribution < -0.4 is 0 Å². The van der Waals surface area contributed by atoms with Crippen molar-refractivity contribution in [3.8, 4) is 0 Å². The molecule has 0 spiro atoms. The Balaban J connectivity index is 3.22. The van der Waals surface area contributed by atoms with Crippen LogP contribution in [0.25, 0.3) is 0 Å². The number of hydrogen-bond acceptors (Lipinski definition) is 4. The smallest absolute Gasteiger partial charge is 0.355 e. The van der Waals surface area contributed by atoms with Crippen LogP contribution in [0.5, 0.6) is 0 Å². The fourth-order valence-electron chi connectivity index (χ4n) is 2.50. The first-order chi connectivity index (χ1) is 9.97. The number of hydrogen-bond donors (Lipinski definition) is 1. The third kappa shape index (κ3) is 3.86. The molecule has 1 aromatic rings. The molecule has 0 radical (unpaired) electrons. The number of carbonyl (C=O) groups excluding carboxylic acids is 2. The van der Waals surface area contributed by atoms with E-state index in [4.69, 9.17) is 9.47 Å². The van der Waals surface area contributed by atoms with Crippen LogP contribution in [0, 0.1) is 6.92 Å². The van der Waals surface area contributed by atoms with E-state index in [1.807, 2.05) is 13.8 Å². The third-order valence-electron chi connectivity index (χ3n) is 3.43. The second-order valence-electron chi connectivity index (χ2n) is 4.96. The molecule has 0 amide bonds. The normalized spacial score (nSPS) is 12.0. The zero-order chi connectivity index (χ0) is 16.0. The van der Waals surface area contributed by atoms with Gasteiger partial charge in [0.15, 0.2) is 0 Å². The minimum atomic E-state index is -0.397. The molecule has 118 valence electrons. The van der Waals surface area contributed by atoms with Crippen molar-refractivity contribution in [2.45, 2.75) is 53.4 Å². The van der Waals surface area contributed by atoms with Gasteiger partial charge in [0, 0.05) is 5.69 Å². The maximum Gasteiger partial charge on any atom is 0.355 e. The van der Waals surface area contributed by atoms with Crippen LogP contribution in [0.1, 0.15) is 67.3 Å². The van der Waals surface area contributed by atoms with Gasteiger partial charge < -0.3 is 14.5 Å². The SMILES string of the molecule is CCCc1[nH]c(C(=O)OCC)c(C)c1C(C)C(=O)OCC. The fraction of sp³-hybridized carbons (Fsp3) is 0.625. The molecule has 5 heteroatoms. The van der Waals surface area contributed by atoms with E-state index in [0.717, 1.165) is 29.7 Å². The molecule has 0 saturated heterocycles. The van der Waals surface area contributed by atoms with Gasteiger partial charge in [-0.1, -0.05) is 13.3 Å². The summed E-state index contributed by atoms with van der Waals surface area (Å²) in [6.07, 6.45) is 1.70. The summed E-state index contributed by atoms with van der Waals surface area (Å²) in [5.74, 6) is -1.05. The number of H-pyrrole nitrogens is 1. The number of rotatable bonds is 7. The molecule has 0 aliphatic heterocycles. The predicted molar refractivity (Wildman–Crippen MR) is 80.5 cm³/mol. The van der Waals surface area contributed by atoms with Crippen molar-refractivity contribution in [1.29, 1.82) is 0 Å². The largest absolute Gasteiger partial charge is 0.466 e. The molecule has 0 saturated carbocycles. The number of aryl methyl sites for hydroxylation is 1. The van der Waals surface area contributed by atoms with Crippen molar-refractivity contribution in [2.24, 2.45) is 0 Å². The van der Waals surface area contributed by atoms with Crippen molar-refractivity contribution in [3.05, 3.63) is 22.5 Å². The lowest BCUT2D eigenvalue weighted by atomic mass is 9.95. The molecule has 1 N–H and O–H groups in total. The van der Waals surface area contributed by atoms with Gasteiger partial charge in [-0.2, -0.15) is 0 Å². The molecule has 0 fully saturated rings. The molecular weight excluding hydrogens is 270 g/mol. The van der Waals surface area contributed by atoms with Crippen LogP contribution in [-0.4, -0.2) is 30.1 Å². The van der Waals surface area contributed by atoms with Gasteiger partial charge in [0.1, 0.15) is 5.69 Å². The Labute approximate surface area is 126 Å². The quantitative estimate of drug-likeness (QED) is 0.785. The predicted octanol–water partition coefficient (Wildman–Crippen LogP) is 3.12. The van der Waals surface area contributed by atoms with Gasteiger partial charge in [0.25, 0.3) is 0 Å². The molecule has 0 bridgehead atoms. The van der Waals surface area contributed by atoms with Crippen LogP contribution >= 0.6 is 0 Å². The maximum atomic E-state index is 12.0. The van der Waals surface area contributed by atoms with Crippen molar-refractivity contribution in [3.63, 3.8) is 0 Å². The Morgan fingerprint density at radius 2 is 1.76 bits per heavy atom. The van der Waals surface area contributed by atoms with E-state index in [1.165, 1.54) is 0 Å². The molecule has 5 nitrogen and oxygen atoms in total. The molecule has 21 heavy (non-hydrogen) atoms. The highest BCUT2D eigenvalue weighted by Gasteiger charge is 2.27. The van der Waals surface area contributed by atoms with Gasteiger partial charge >= 0.3 is 11.9 Å². The zero-order valence-electron chi connectivity index (χ0n) is 13.5. The fourth-order valence-corrected chi connectivity index (χ4v) is 2.50. The van der Waals surface area contributed by atoms with E-state index < -0.39 is 5.92 Å². The summed E-state index contributed by atoms with van der Waals surface area (Å²) in [7, 11) is 0. The summed E-state index contributed by atoms with van der Waals surface area (Å²) >= 11 is 0. The molecule has 1 unspecified atom stereocenters. The van der Waals surface area contributed by atoms with Crippen molar-refractivity contribution >= 4 is 11.9 Å². The summed E-state index contributed by atoms with van der Waals surface area (Å²) in [6, 6.07) is 0.